The Morgan fingerprint density at radius 3 is 2.12 bits per heavy atom. The summed E-state index contributed by atoms with van der Waals surface area (Å²) >= 11 is 0. The van der Waals surface area contributed by atoms with Gasteiger partial charge in [0.25, 0.3) is 0 Å². The maximum atomic E-state index is 3.55. The number of aryl methyl sites for hydroxylation is 3. The summed E-state index contributed by atoms with van der Waals surface area (Å²) in [6.45, 7) is 17.1. The molecule has 1 atom stereocenters. The van der Waals surface area contributed by atoms with Crippen LogP contribution < -0.4 is 10.2 Å². The van der Waals surface area contributed by atoms with E-state index in [9.17, 15) is 0 Å². The van der Waals surface area contributed by atoms with Crippen LogP contribution in [0.1, 0.15) is 37.5 Å². The van der Waals surface area contributed by atoms with Gasteiger partial charge in [-0.25, -0.2) is 0 Å². The van der Waals surface area contributed by atoms with Gasteiger partial charge < -0.3 is 9.80 Å². The van der Waals surface area contributed by atoms with Crippen molar-refractivity contribution < 1.29 is 0 Å². The molecule has 0 spiro atoms. The fourth-order valence-corrected chi connectivity index (χ4v) is 5.91. The molecule has 0 fully saturated rings. The Balaban J connectivity index is 1.78. The van der Waals surface area contributed by atoms with Crippen LogP contribution in [0.3, 0.4) is 0 Å². The van der Waals surface area contributed by atoms with E-state index >= 15 is 0 Å². The second-order valence-corrected chi connectivity index (χ2v) is 11.1. The summed E-state index contributed by atoms with van der Waals surface area (Å²) in [5.41, 5.74) is 5.14. The van der Waals surface area contributed by atoms with Crippen molar-refractivity contribution in [2.45, 2.75) is 46.7 Å². The lowest BCUT2D eigenvalue weighted by Crippen LogP contribution is -2.28. The number of hydrogen-bond donors (Lipinski definition) is 0. The predicted octanol–water partition coefficient (Wildman–Crippen LogP) is 5.76. The summed E-state index contributed by atoms with van der Waals surface area (Å²) in [5.74, 6) is 0. The van der Waals surface area contributed by atoms with Crippen LogP contribution in [-0.4, -0.2) is 16.3 Å². The van der Waals surface area contributed by atoms with Crippen LogP contribution in [0.4, 0.5) is 5.69 Å². The molecule has 0 amide bonds. The van der Waals surface area contributed by atoms with E-state index in [0.29, 0.717) is 0 Å². The third-order valence-electron chi connectivity index (χ3n) is 4.68. The third-order valence-corrected chi connectivity index (χ3v) is 7.81. The lowest BCUT2D eigenvalue weighted by atomic mass is 10.0. The average Bonchev–Trinajstić information content (AvgIpc) is 2.99. The molecule has 3 rings (SSSR count). The van der Waals surface area contributed by atoms with Gasteiger partial charge in [0.2, 0.25) is 6.67 Å². The van der Waals surface area contributed by atoms with Crippen LogP contribution in [0.2, 0.25) is 0 Å². The van der Waals surface area contributed by atoms with Crippen molar-refractivity contribution in [3.05, 3.63) is 78.2 Å². The van der Waals surface area contributed by atoms with Crippen molar-refractivity contribution in [1.29, 1.82) is 0 Å². The van der Waals surface area contributed by atoms with Crippen molar-refractivity contribution >= 4 is 18.9 Å². The van der Waals surface area contributed by atoms with Crippen LogP contribution in [0.15, 0.2) is 54.9 Å². The molecule has 2 nitrogen and oxygen atoms in total. The highest BCUT2D eigenvalue weighted by molar-refractivity contribution is 7.67. The van der Waals surface area contributed by atoms with Gasteiger partial charge in [-0.1, -0.05) is 68.8 Å². The van der Waals surface area contributed by atoms with Gasteiger partial charge in [-0.3, -0.25) is 0 Å². The fourth-order valence-electron chi connectivity index (χ4n) is 3.55. The first kappa shape index (κ1) is 19.0. The molecule has 2 aromatic rings. The Morgan fingerprint density at radius 2 is 1.54 bits per heavy atom. The number of benzene rings is 2. The zero-order valence-corrected chi connectivity index (χ0v) is 17.6. The molecule has 0 aromatic heterocycles. The second kappa shape index (κ2) is 7.45. The summed E-state index contributed by atoms with van der Waals surface area (Å²) in [4.78, 5) is 4.37. The quantitative estimate of drug-likeness (QED) is 0.636. The molecule has 0 unspecified atom stereocenters. The molecule has 2 radical (unpaired) electrons. The molecule has 136 valence electrons. The van der Waals surface area contributed by atoms with Gasteiger partial charge in [0.1, 0.15) is 0 Å². The largest absolute Gasteiger partial charge is 0.341 e. The molecule has 0 N–H and O–H groups in total. The topological polar surface area (TPSA) is 6.48 Å². The molecule has 1 aliphatic heterocycles. The van der Waals surface area contributed by atoms with E-state index in [1.807, 2.05) is 0 Å². The summed E-state index contributed by atoms with van der Waals surface area (Å²) in [7, 11) is -0.331. The van der Waals surface area contributed by atoms with Crippen molar-refractivity contribution in [3.63, 3.8) is 0 Å². The third kappa shape index (κ3) is 4.13. The van der Waals surface area contributed by atoms with Crippen LogP contribution in [-0.2, 0) is 0 Å². The second-order valence-electron chi connectivity index (χ2n) is 8.06. The molecule has 3 heteroatoms. The Bertz CT molecular complexity index is 767. The normalized spacial score (nSPS) is 15.6. The number of hydrogen-bond acceptors (Lipinski definition) is 2. The van der Waals surface area contributed by atoms with Gasteiger partial charge in [0, 0.05) is 24.4 Å². The zero-order chi connectivity index (χ0) is 18.9. The average molecular weight is 364 g/mol. The molecule has 1 heterocycles. The number of anilines is 1. The predicted molar refractivity (Wildman–Crippen MR) is 115 cm³/mol. The minimum atomic E-state index is -0.331. The molecule has 0 saturated carbocycles. The maximum Gasteiger partial charge on any atom is 0.213 e. The smallest absolute Gasteiger partial charge is 0.213 e. The van der Waals surface area contributed by atoms with Crippen LogP contribution >= 0.6 is 7.92 Å². The summed E-state index contributed by atoms with van der Waals surface area (Å²) in [5, 5.41) is 1.70. The van der Waals surface area contributed by atoms with Gasteiger partial charge in [-0.2, -0.15) is 0 Å². The molecule has 0 aliphatic carbocycles. The molecule has 0 saturated heterocycles. The van der Waals surface area contributed by atoms with E-state index in [1.165, 1.54) is 27.7 Å². The molecular formula is C23H29N2P. The summed E-state index contributed by atoms with van der Waals surface area (Å²) < 4.78 is 0. The SMILES string of the molecule is Cc1cc(C)c(N2[C]N(C[P@@](c3ccccc3)C(C)(C)C)C=C2)c(C)c1. The van der Waals surface area contributed by atoms with Crippen molar-refractivity contribution in [3.8, 4) is 0 Å². The van der Waals surface area contributed by atoms with E-state index in [0.717, 1.165) is 6.29 Å². The van der Waals surface area contributed by atoms with E-state index in [-0.39, 0.29) is 13.1 Å². The van der Waals surface area contributed by atoms with E-state index in [4.69, 9.17) is 0 Å². The van der Waals surface area contributed by atoms with Gasteiger partial charge in [0.15, 0.2) is 0 Å². The number of nitrogens with zero attached hydrogens (tertiary/aromatic N) is 2. The molecule has 1 aliphatic rings. The highest BCUT2D eigenvalue weighted by Crippen LogP contribution is 2.49. The van der Waals surface area contributed by atoms with Gasteiger partial charge in [-0.05, 0) is 50.3 Å². The van der Waals surface area contributed by atoms with Crippen molar-refractivity contribution in [1.82, 2.24) is 4.90 Å². The fraction of sp³-hybridized carbons (Fsp3) is 0.348. The van der Waals surface area contributed by atoms with Crippen molar-refractivity contribution in [2.75, 3.05) is 11.2 Å². The molecular weight excluding hydrogens is 335 g/mol. The number of rotatable bonds is 4. The van der Waals surface area contributed by atoms with Gasteiger partial charge in [-0.15, -0.1) is 0 Å². The monoisotopic (exact) mass is 364 g/mol. The Labute approximate surface area is 160 Å². The standard InChI is InChI=1S/C23H29N2P/c1-18-14-19(2)22(20(3)15-18)25-13-12-24(16-25)17-26(23(4,5)6)21-10-8-7-9-11-21/h7-15H,17H2,1-6H3/t26-/m0/s1. The first-order chi connectivity index (χ1) is 12.3. The first-order valence-electron chi connectivity index (χ1n) is 9.17. The molecule has 2 aromatic carbocycles. The van der Waals surface area contributed by atoms with E-state index < -0.39 is 0 Å². The minimum absolute atomic E-state index is 0.245. The van der Waals surface area contributed by atoms with Crippen LogP contribution in [0.25, 0.3) is 0 Å². The lowest BCUT2D eigenvalue weighted by molar-refractivity contribution is 0.543. The van der Waals surface area contributed by atoms with Gasteiger partial charge in [0.05, 0.1) is 0 Å². The highest BCUT2D eigenvalue weighted by Gasteiger charge is 2.29. The summed E-state index contributed by atoms with van der Waals surface area (Å²) in [6.07, 6.45) is 5.27. The van der Waals surface area contributed by atoms with Crippen LogP contribution in [0.5, 0.6) is 0 Å². The van der Waals surface area contributed by atoms with Crippen LogP contribution in [0, 0.1) is 27.4 Å². The maximum absolute atomic E-state index is 3.55. The van der Waals surface area contributed by atoms with E-state index in [1.54, 1.807) is 0 Å². The zero-order valence-electron chi connectivity index (χ0n) is 16.7. The Morgan fingerprint density at radius 1 is 0.923 bits per heavy atom. The van der Waals surface area contributed by atoms with Gasteiger partial charge >= 0.3 is 0 Å². The Hall–Kier alpha value is -1.79. The lowest BCUT2D eigenvalue weighted by Gasteiger charge is -2.35. The summed E-state index contributed by atoms with van der Waals surface area (Å²) in [6, 6.07) is 15.4. The Kier molecular flexibility index (Phi) is 5.44. The first-order valence-corrected chi connectivity index (χ1v) is 10.7. The van der Waals surface area contributed by atoms with Crippen molar-refractivity contribution in [2.24, 2.45) is 0 Å². The molecule has 26 heavy (non-hydrogen) atoms. The minimum Gasteiger partial charge on any atom is -0.341 e. The van der Waals surface area contributed by atoms with E-state index in [2.05, 4.69) is 113 Å². The highest BCUT2D eigenvalue weighted by atomic mass is 31.1. The molecule has 0 bridgehead atoms.